The van der Waals surface area contributed by atoms with E-state index in [1.807, 2.05) is 6.07 Å². The van der Waals surface area contributed by atoms with Crippen LogP contribution in [0.25, 0.3) is 0 Å². The molecule has 1 aromatic carbocycles. The van der Waals surface area contributed by atoms with Crippen LogP contribution in [0.5, 0.6) is 0 Å². The number of nitrogens with zero attached hydrogens (tertiary/aromatic N) is 1. The maximum absolute atomic E-state index is 12.1. The molecule has 1 heterocycles. The lowest BCUT2D eigenvalue weighted by atomic mass is 10.1. The number of nitrogens with one attached hydrogen (secondary N) is 1. The molecule has 1 fully saturated rings. The van der Waals surface area contributed by atoms with E-state index in [-0.39, 0.29) is 11.9 Å². The molecule has 0 aromatic heterocycles. The van der Waals surface area contributed by atoms with Crippen LogP contribution in [0.15, 0.2) is 30.3 Å². The molecule has 6 heteroatoms. The van der Waals surface area contributed by atoms with E-state index >= 15 is 0 Å². The Morgan fingerprint density at radius 1 is 1.37 bits per heavy atom. The highest BCUT2D eigenvalue weighted by molar-refractivity contribution is 5.82. The quantitative estimate of drug-likeness (QED) is 0.715. The second kappa shape index (κ2) is 5.71. The van der Waals surface area contributed by atoms with Crippen LogP contribution in [0.2, 0.25) is 0 Å². The number of benzene rings is 1. The van der Waals surface area contributed by atoms with Crippen LogP contribution >= 0.6 is 0 Å². The summed E-state index contributed by atoms with van der Waals surface area (Å²) in [5, 5.41) is 12.6. The summed E-state index contributed by atoms with van der Waals surface area (Å²) < 4.78 is 0. The Morgan fingerprint density at radius 2 is 2.05 bits per heavy atom. The normalized spacial score (nSPS) is 20.1. The maximum Gasteiger partial charge on any atom is 0.312 e. The molecule has 0 bridgehead atoms. The molecule has 102 valence electrons. The maximum atomic E-state index is 12.1. The van der Waals surface area contributed by atoms with E-state index in [0.717, 1.165) is 0 Å². The van der Waals surface area contributed by atoms with Gasteiger partial charge in [0, 0.05) is 19.1 Å². The summed E-state index contributed by atoms with van der Waals surface area (Å²) in [7, 11) is 0. The number of carbonyl (C=O) groups is 2. The zero-order valence-electron chi connectivity index (χ0n) is 10.5. The van der Waals surface area contributed by atoms with Gasteiger partial charge in [0.05, 0.1) is 0 Å². The topological polar surface area (TPSA) is 95.7 Å². The number of primary amides is 1. The predicted octanol–water partition coefficient (Wildman–Crippen LogP) is -0.0108. The lowest BCUT2D eigenvalue weighted by Gasteiger charge is -2.20. The molecule has 3 amide bonds. The number of hydrogen-bond donors (Lipinski definition) is 3. The number of aliphatic hydroxyl groups excluding tert-OH is 1. The Balaban J connectivity index is 1.96. The van der Waals surface area contributed by atoms with Crippen molar-refractivity contribution in [3.8, 4) is 0 Å². The van der Waals surface area contributed by atoms with Gasteiger partial charge >= 0.3 is 6.03 Å². The lowest BCUT2D eigenvalue weighted by Crippen LogP contribution is -2.41. The second-order valence-electron chi connectivity index (χ2n) is 4.59. The van der Waals surface area contributed by atoms with Gasteiger partial charge in [0.2, 0.25) is 0 Å². The first kappa shape index (κ1) is 13.4. The van der Waals surface area contributed by atoms with Crippen LogP contribution in [0.3, 0.4) is 0 Å². The fraction of sp³-hybridized carbons (Fsp3) is 0.385. The van der Waals surface area contributed by atoms with Crippen molar-refractivity contribution >= 4 is 11.9 Å². The molecule has 1 aromatic rings. The number of likely N-dealkylation sites (tertiary alicyclic amines) is 1. The van der Waals surface area contributed by atoms with Gasteiger partial charge in [-0.3, -0.25) is 4.79 Å². The molecule has 2 rings (SSSR count). The van der Waals surface area contributed by atoms with Crippen molar-refractivity contribution in [1.82, 2.24) is 10.2 Å². The van der Waals surface area contributed by atoms with Crippen LogP contribution in [-0.4, -0.2) is 41.1 Å². The van der Waals surface area contributed by atoms with Crippen LogP contribution in [-0.2, 0) is 4.79 Å². The van der Waals surface area contributed by atoms with E-state index in [2.05, 4.69) is 5.32 Å². The molecular weight excluding hydrogens is 246 g/mol. The van der Waals surface area contributed by atoms with E-state index < -0.39 is 12.1 Å². The predicted molar refractivity (Wildman–Crippen MR) is 69.1 cm³/mol. The lowest BCUT2D eigenvalue weighted by molar-refractivity contribution is -0.139. The van der Waals surface area contributed by atoms with Crippen molar-refractivity contribution in [2.75, 3.05) is 13.1 Å². The van der Waals surface area contributed by atoms with Gasteiger partial charge in [0.15, 0.2) is 6.10 Å². The fourth-order valence-electron chi connectivity index (χ4n) is 2.23. The number of rotatable bonds is 3. The summed E-state index contributed by atoms with van der Waals surface area (Å²) in [6.07, 6.45) is -0.510. The Hall–Kier alpha value is -2.08. The molecule has 1 aliphatic rings. The zero-order valence-corrected chi connectivity index (χ0v) is 10.5. The SMILES string of the molecule is NC(=O)NC1CCN(C(=O)[C@H](O)c2ccccc2)C1. The zero-order chi connectivity index (χ0) is 13.8. The van der Waals surface area contributed by atoms with E-state index in [1.54, 1.807) is 24.3 Å². The Morgan fingerprint density at radius 3 is 2.68 bits per heavy atom. The van der Waals surface area contributed by atoms with Gasteiger partial charge in [-0.15, -0.1) is 0 Å². The number of carbonyl (C=O) groups excluding carboxylic acids is 2. The minimum atomic E-state index is -1.16. The minimum Gasteiger partial charge on any atom is -0.378 e. The van der Waals surface area contributed by atoms with Crippen molar-refractivity contribution in [1.29, 1.82) is 0 Å². The van der Waals surface area contributed by atoms with Gasteiger partial charge in [-0.05, 0) is 12.0 Å². The first-order valence-electron chi connectivity index (χ1n) is 6.15. The molecule has 0 saturated carbocycles. The molecule has 2 atom stereocenters. The summed E-state index contributed by atoms with van der Waals surface area (Å²) in [5.74, 6) is -0.347. The van der Waals surface area contributed by atoms with Gasteiger partial charge in [-0.25, -0.2) is 4.79 Å². The minimum absolute atomic E-state index is 0.135. The molecule has 0 spiro atoms. The average Bonchev–Trinajstić information content (AvgIpc) is 2.85. The van der Waals surface area contributed by atoms with E-state index in [9.17, 15) is 14.7 Å². The smallest absolute Gasteiger partial charge is 0.312 e. The molecule has 19 heavy (non-hydrogen) atoms. The third-order valence-corrected chi connectivity index (χ3v) is 3.20. The van der Waals surface area contributed by atoms with Crippen molar-refractivity contribution in [2.24, 2.45) is 5.73 Å². The third-order valence-electron chi connectivity index (χ3n) is 3.20. The molecule has 1 unspecified atom stereocenters. The third kappa shape index (κ3) is 3.23. The Bertz CT molecular complexity index is 463. The van der Waals surface area contributed by atoms with Crippen LogP contribution in [0.4, 0.5) is 4.79 Å². The number of amides is 3. The highest BCUT2D eigenvalue weighted by Gasteiger charge is 2.30. The largest absolute Gasteiger partial charge is 0.378 e. The van der Waals surface area contributed by atoms with Crippen molar-refractivity contribution in [3.63, 3.8) is 0 Å². The van der Waals surface area contributed by atoms with Gasteiger partial charge < -0.3 is 21.1 Å². The van der Waals surface area contributed by atoms with Gasteiger partial charge in [-0.2, -0.15) is 0 Å². The van der Waals surface area contributed by atoms with Gasteiger partial charge in [0.1, 0.15) is 0 Å². The van der Waals surface area contributed by atoms with E-state index in [4.69, 9.17) is 5.73 Å². The van der Waals surface area contributed by atoms with Crippen molar-refractivity contribution in [2.45, 2.75) is 18.6 Å². The fourth-order valence-corrected chi connectivity index (χ4v) is 2.23. The van der Waals surface area contributed by atoms with Crippen LogP contribution < -0.4 is 11.1 Å². The molecule has 0 radical (unpaired) electrons. The highest BCUT2D eigenvalue weighted by atomic mass is 16.3. The number of urea groups is 1. The van der Waals surface area contributed by atoms with Crippen LogP contribution in [0.1, 0.15) is 18.1 Å². The van der Waals surface area contributed by atoms with E-state index in [0.29, 0.717) is 25.1 Å². The Labute approximate surface area is 111 Å². The van der Waals surface area contributed by atoms with Crippen molar-refractivity contribution in [3.05, 3.63) is 35.9 Å². The molecule has 1 saturated heterocycles. The first-order chi connectivity index (χ1) is 9.08. The standard InChI is InChI=1S/C13H17N3O3/c14-13(19)15-10-6-7-16(8-10)12(18)11(17)9-4-2-1-3-5-9/h1-5,10-11,17H,6-8H2,(H3,14,15,19)/t10?,11-/m1/s1. The summed E-state index contributed by atoms with van der Waals surface area (Å²) in [4.78, 5) is 24.4. The molecule has 0 aliphatic carbocycles. The molecule has 1 aliphatic heterocycles. The monoisotopic (exact) mass is 263 g/mol. The number of hydrogen-bond acceptors (Lipinski definition) is 3. The summed E-state index contributed by atoms with van der Waals surface area (Å²) >= 11 is 0. The highest BCUT2D eigenvalue weighted by Crippen LogP contribution is 2.18. The number of nitrogens with two attached hydrogens (primary N) is 1. The summed E-state index contributed by atoms with van der Waals surface area (Å²) in [5.41, 5.74) is 5.61. The Kier molecular flexibility index (Phi) is 4.01. The number of aliphatic hydroxyl groups is 1. The first-order valence-corrected chi connectivity index (χ1v) is 6.15. The molecule has 6 nitrogen and oxygen atoms in total. The summed E-state index contributed by atoms with van der Waals surface area (Å²) in [6.45, 7) is 0.888. The van der Waals surface area contributed by atoms with Crippen LogP contribution in [0, 0.1) is 0 Å². The molecule has 4 N–H and O–H groups in total. The van der Waals surface area contributed by atoms with Gasteiger partial charge in [0.25, 0.3) is 5.91 Å². The average molecular weight is 263 g/mol. The summed E-state index contributed by atoms with van der Waals surface area (Å²) in [6, 6.07) is 8.05. The molecular formula is C13H17N3O3. The van der Waals surface area contributed by atoms with Crippen molar-refractivity contribution < 1.29 is 14.7 Å². The van der Waals surface area contributed by atoms with Gasteiger partial charge in [-0.1, -0.05) is 30.3 Å². The van der Waals surface area contributed by atoms with E-state index in [1.165, 1.54) is 4.90 Å². The second-order valence-corrected chi connectivity index (χ2v) is 4.59.